The normalized spacial score (nSPS) is 17.9. The zero-order chi connectivity index (χ0) is 19.0. The van der Waals surface area contributed by atoms with E-state index < -0.39 is 4.92 Å². The Morgan fingerprint density at radius 1 is 1.15 bits per heavy atom. The molecule has 0 bridgehead atoms. The van der Waals surface area contributed by atoms with E-state index in [1.54, 1.807) is 4.90 Å². The number of benzene rings is 2. The number of hydrogen-bond acceptors (Lipinski definition) is 4. The van der Waals surface area contributed by atoms with E-state index in [1.165, 1.54) is 23.8 Å². The van der Waals surface area contributed by atoms with E-state index in [-0.39, 0.29) is 27.8 Å². The maximum Gasteiger partial charge on any atom is 0.288 e. The predicted molar refractivity (Wildman–Crippen MR) is 101 cm³/mol. The third-order valence-electron chi connectivity index (χ3n) is 5.50. The van der Waals surface area contributed by atoms with Gasteiger partial charge in [-0.2, -0.15) is 0 Å². The number of para-hydroxylation sites is 1. The first-order valence-electron chi connectivity index (χ1n) is 8.98. The van der Waals surface area contributed by atoms with Gasteiger partial charge in [-0.05, 0) is 36.6 Å². The summed E-state index contributed by atoms with van der Waals surface area (Å²) in [6.45, 7) is 1.13. The molecule has 0 aromatic heterocycles. The third kappa shape index (κ3) is 3.37. The largest absolute Gasteiger partial charge is 0.487 e. The summed E-state index contributed by atoms with van der Waals surface area (Å²) < 4.78 is 6.32. The van der Waals surface area contributed by atoms with Gasteiger partial charge < -0.3 is 9.64 Å². The van der Waals surface area contributed by atoms with Gasteiger partial charge in [0.05, 0.1) is 4.92 Å². The molecule has 140 valence electrons. The first kappa shape index (κ1) is 17.8. The Morgan fingerprint density at radius 2 is 1.89 bits per heavy atom. The van der Waals surface area contributed by atoms with Crippen LogP contribution >= 0.6 is 11.6 Å². The van der Waals surface area contributed by atoms with E-state index in [2.05, 4.69) is 6.07 Å². The molecule has 0 unspecified atom stereocenters. The molecule has 1 saturated heterocycles. The number of nitrogens with zero attached hydrogens (tertiary/aromatic N) is 2. The summed E-state index contributed by atoms with van der Waals surface area (Å²) in [6, 6.07) is 12.3. The van der Waals surface area contributed by atoms with E-state index in [1.807, 2.05) is 18.2 Å². The molecule has 0 aliphatic carbocycles. The summed E-state index contributed by atoms with van der Waals surface area (Å²) >= 11 is 5.84. The maximum atomic E-state index is 12.8. The van der Waals surface area contributed by atoms with Crippen molar-refractivity contribution in [3.8, 4) is 5.75 Å². The summed E-state index contributed by atoms with van der Waals surface area (Å²) in [7, 11) is 0. The van der Waals surface area contributed by atoms with Crippen molar-refractivity contribution in [1.29, 1.82) is 0 Å². The number of carbonyl (C=O) groups excluding carboxylic acids is 1. The number of nitro benzene ring substituents is 1. The van der Waals surface area contributed by atoms with Gasteiger partial charge >= 0.3 is 0 Å². The van der Waals surface area contributed by atoms with Crippen molar-refractivity contribution >= 4 is 23.2 Å². The van der Waals surface area contributed by atoms with Crippen molar-refractivity contribution in [2.75, 3.05) is 13.1 Å². The first-order chi connectivity index (χ1) is 13.0. The molecule has 7 heteroatoms. The van der Waals surface area contributed by atoms with Crippen LogP contribution in [0.4, 0.5) is 5.69 Å². The molecule has 1 fully saturated rings. The van der Waals surface area contributed by atoms with Crippen molar-refractivity contribution in [2.45, 2.75) is 31.3 Å². The molecule has 0 atom stereocenters. The molecule has 0 N–H and O–H groups in total. The topological polar surface area (TPSA) is 72.7 Å². The average Bonchev–Trinajstić information content (AvgIpc) is 2.68. The van der Waals surface area contributed by atoms with Crippen LogP contribution in [0.25, 0.3) is 0 Å². The van der Waals surface area contributed by atoms with E-state index in [0.717, 1.165) is 31.4 Å². The van der Waals surface area contributed by atoms with Crippen LogP contribution in [-0.2, 0) is 6.42 Å². The molecule has 4 rings (SSSR count). The summed E-state index contributed by atoms with van der Waals surface area (Å²) in [6.07, 6.45) is 3.43. The second-order valence-corrected chi connectivity index (χ2v) is 7.52. The van der Waals surface area contributed by atoms with Gasteiger partial charge in [-0.3, -0.25) is 14.9 Å². The zero-order valence-electron chi connectivity index (χ0n) is 14.7. The number of aryl methyl sites for hydroxylation is 1. The van der Waals surface area contributed by atoms with Gasteiger partial charge in [0.2, 0.25) is 0 Å². The highest BCUT2D eigenvalue weighted by Crippen LogP contribution is 2.39. The number of fused-ring (bicyclic) bond motifs is 1. The fraction of sp³-hybridized carbons (Fsp3) is 0.350. The van der Waals surface area contributed by atoms with Crippen molar-refractivity contribution < 1.29 is 14.5 Å². The van der Waals surface area contributed by atoms with E-state index in [9.17, 15) is 14.9 Å². The standard InChI is InChI=1S/C20H19ClN2O4/c21-16-6-5-15(13-17(16)23(25)26)19(24)22-11-9-20(10-12-22)8-7-14-3-1-2-4-18(14)27-20/h1-6,13H,7-12H2. The lowest BCUT2D eigenvalue weighted by Crippen LogP contribution is -2.51. The Labute approximate surface area is 161 Å². The molecular weight excluding hydrogens is 368 g/mol. The number of halogens is 1. The van der Waals surface area contributed by atoms with Crippen LogP contribution in [0.2, 0.25) is 5.02 Å². The molecule has 1 amide bonds. The van der Waals surface area contributed by atoms with Crippen LogP contribution < -0.4 is 4.74 Å². The fourth-order valence-corrected chi connectivity index (χ4v) is 4.08. The SMILES string of the molecule is O=C(c1ccc(Cl)c([N+](=O)[O-])c1)N1CCC2(CCc3ccccc3O2)CC1. The Hall–Kier alpha value is -2.60. The Kier molecular flexibility index (Phi) is 4.52. The third-order valence-corrected chi connectivity index (χ3v) is 5.82. The molecule has 2 aliphatic heterocycles. The zero-order valence-corrected chi connectivity index (χ0v) is 15.4. The molecule has 2 aromatic carbocycles. The number of amides is 1. The quantitative estimate of drug-likeness (QED) is 0.571. The molecule has 6 nitrogen and oxygen atoms in total. The highest BCUT2D eigenvalue weighted by atomic mass is 35.5. The number of hydrogen-bond donors (Lipinski definition) is 0. The lowest BCUT2D eigenvalue weighted by Gasteiger charge is -2.44. The summed E-state index contributed by atoms with van der Waals surface area (Å²) in [5.41, 5.74) is 1.05. The highest BCUT2D eigenvalue weighted by Gasteiger charge is 2.40. The second-order valence-electron chi connectivity index (χ2n) is 7.11. The van der Waals surface area contributed by atoms with Gasteiger partial charge in [0.1, 0.15) is 16.4 Å². The van der Waals surface area contributed by atoms with Crippen molar-refractivity contribution in [3.05, 3.63) is 68.7 Å². The number of piperidine rings is 1. The summed E-state index contributed by atoms with van der Waals surface area (Å²) in [4.78, 5) is 25.0. The lowest BCUT2D eigenvalue weighted by atomic mass is 9.83. The molecule has 2 aliphatic rings. The van der Waals surface area contributed by atoms with E-state index in [0.29, 0.717) is 13.1 Å². The number of likely N-dealkylation sites (tertiary alicyclic amines) is 1. The van der Waals surface area contributed by atoms with Crippen LogP contribution in [0.5, 0.6) is 5.75 Å². The molecule has 0 saturated carbocycles. The second kappa shape index (κ2) is 6.85. The molecule has 1 spiro atoms. The van der Waals surface area contributed by atoms with Crippen LogP contribution in [0.1, 0.15) is 35.2 Å². The highest BCUT2D eigenvalue weighted by molar-refractivity contribution is 6.32. The van der Waals surface area contributed by atoms with Crippen molar-refractivity contribution in [1.82, 2.24) is 4.90 Å². The molecular formula is C20H19ClN2O4. The molecule has 0 radical (unpaired) electrons. The fourth-order valence-electron chi connectivity index (χ4n) is 3.89. The van der Waals surface area contributed by atoms with Gasteiger partial charge in [-0.25, -0.2) is 0 Å². The van der Waals surface area contributed by atoms with Gasteiger partial charge in [-0.1, -0.05) is 29.8 Å². The average molecular weight is 387 g/mol. The van der Waals surface area contributed by atoms with E-state index >= 15 is 0 Å². The van der Waals surface area contributed by atoms with E-state index in [4.69, 9.17) is 16.3 Å². The van der Waals surface area contributed by atoms with Crippen LogP contribution in [-0.4, -0.2) is 34.4 Å². The number of rotatable bonds is 2. The first-order valence-corrected chi connectivity index (χ1v) is 9.35. The van der Waals surface area contributed by atoms with Gasteiger partial charge in [0.25, 0.3) is 11.6 Å². The smallest absolute Gasteiger partial charge is 0.288 e. The number of carbonyl (C=O) groups is 1. The van der Waals surface area contributed by atoms with Gasteiger partial charge in [0.15, 0.2) is 0 Å². The summed E-state index contributed by atoms with van der Waals surface area (Å²) in [5, 5.41) is 11.1. The van der Waals surface area contributed by atoms with Crippen molar-refractivity contribution in [2.24, 2.45) is 0 Å². The Morgan fingerprint density at radius 3 is 2.63 bits per heavy atom. The number of nitro groups is 1. The summed E-state index contributed by atoms with van der Waals surface area (Å²) in [5.74, 6) is 0.734. The molecule has 2 aromatic rings. The lowest BCUT2D eigenvalue weighted by molar-refractivity contribution is -0.384. The maximum absolute atomic E-state index is 12.8. The van der Waals surface area contributed by atoms with Crippen LogP contribution in [0, 0.1) is 10.1 Å². The minimum absolute atomic E-state index is 0.0309. The Balaban J connectivity index is 1.46. The van der Waals surface area contributed by atoms with Crippen molar-refractivity contribution in [3.63, 3.8) is 0 Å². The Bertz CT molecular complexity index is 907. The molecule has 2 heterocycles. The van der Waals surface area contributed by atoms with Crippen LogP contribution in [0.3, 0.4) is 0 Å². The van der Waals surface area contributed by atoms with Crippen LogP contribution in [0.15, 0.2) is 42.5 Å². The predicted octanol–water partition coefficient (Wildman–Crippen LogP) is 4.25. The van der Waals surface area contributed by atoms with Gasteiger partial charge in [-0.15, -0.1) is 0 Å². The van der Waals surface area contributed by atoms with Gasteiger partial charge in [0, 0.05) is 37.6 Å². The minimum Gasteiger partial charge on any atom is -0.487 e. The molecule has 27 heavy (non-hydrogen) atoms. The minimum atomic E-state index is -0.572. The monoisotopic (exact) mass is 386 g/mol. The number of ether oxygens (including phenoxy) is 1.